The highest BCUT2D eigenvalue weighted by Crippen LogP contribution is 2.16. The fourth-order valence-electron chi connectivity index (χ4n) is 1.38. The Morgan fingerprint density at radius 2 is 1.31 bits per heavy atom. The van der Waals surface area contributed by atoms with E-state index in [1.54, 1.807) is 24.3 Å². The molecule has 2 rings (SSSR count). The van der Waals surface area contributed by atoms with Gasteiger partial charge in [-0.15, -0.1) is 0 Å². The Balaban J connectivity index is 2.32. The number of carbonyl (C=O) groups is 1. The molecular weight excluding hydrogens is 268 g/mol. The summed E-state index contributed by atoms with van der Waals surface area (Å²) in [5.74, 6) is 0.111. The monoisotopic (exact) mass is 276 g/mol. The molecular formula is C13H9BrO2. The quantitative estimate of drug-likeness (QED) is 0.854. The SMILES string of the molecule is O=C(c1ccc(O)cc1)c1ccc(Br)cc1. The van der Waals surface area contributed by atoms with Crippen molar-refractivity contribution in [2.45, 2.75) is 0 Å². The van der Waals surface area contributed by atoms with Crippen molar-refractivity contribution in [2.75, 3.05) is 0 Å². The summed E-state index contributed by atoms with van der Waals surface area (Å²) in [7, 11) is 0. The Bertz CT molecular complexity index is 453. The molecule has 0 aliphatic heterocycles. The van der Waals surface area contributed by atoms with Crippen LogP contribution in [-0.4, -0.2) is 10.9 Å². The molecule has 3 heteroatoms. The summed E-state index contributed by atoms with van der Waals surface area (Å²) in [6, 6.07) is 13.4. The first-order valence-electron chi connectivity index (χ1n) is 4.76. The number of carbonyl (C=O) groups excluding carboxylic acids is 1. The van der Waals surface area contributed by atoms with E-state index in [0.29, 0.717) is 11.1 Å². The first-order chi connectivity index (χ1) is 7.66. The second-order valence-electron chi connectivity index (χ2n) is 3.38. The number of phenolic OH excluding ortho intramolecular Hbond substituents is 1. The molecule has 0 radical (unpaired) electrons. The van der Waals surface area contributed by atoms with Gasteiger partial charge in [0.2, 0.25) is 0 Å². The maximum absolute atomic E-state index is 12.0. The molecule has 0 bridgehead atoms. The van der Waals surface area contributed by atoms with E-state index in [4.69, 9.17) is 5.11 Å². The van der Waals surface area contributed by atoms with E-state index in [-0.39, 0.29) is 11.5 Å². The Morgan fingerprint density at radius 3 is 1.81 bits per heavy atom. The van der Waals surface area contributed by atoms with Gasteiger partial charge < -0.3 is 5.11 Å². The van der Waals surface area contributed by atoms with Gasteiger partial charge >= 0.3 is 0 Å². The van der Waals surface area contributed by atoms with Crippen molar-refractivity contribution in [2.24, 2.45) is 0 Å². The first kappa shape index (κ1) is 10.9. The molecule has 2 nitrogen and oxygen atoms in total. The van der Waals surface area contributed by atoms with Crippen LogP contribution in [0.1, 0.15) is 15.9 Å². The van der Waals surface area contributed by atoms with E-state index in [0.717, 1.165) is 4.47 Å². The lowest BCUT2D eigenvalue weighted by atomic mass is 10.0. The fourth-order valence-corrected chi connectivity index (χ4v) is 1.65. The van der Waals surface area contributed by atoms with Gasteiger partial charge in [0.25, 0.3) is 0 Å². The van der Waals surface area contributed by atoms with Crippen LogP contribution in [0.5, 0.6) is 5.75 Å². The zero-order valence-corrected chi connectivity index (χ0v) is 9.94. The lowest BCUT2D eigenvalue weighted by molar-refractivity contribution is 0.103. The minimum Gasteiger partial charge on any atom is -0.508 e. The molecule has 0 unspecified atom stereocenters. The Hall–Kier alpha value is -1.61. The van der Waals surface area contributed by atoms with Crippen LogP contribution >= 0.6 is 15.9 Å². The molecule has 0 aliphatic rings. The third-order valence-corrected chi connectivity index (χ3v) is 2.76. The molecule has 0 saturated carbocycles. The molecule has 0 amide bonds. The topological polar surface area (TPSA) is 37.3 Å². The molecule has 80 valence electrons. The van der Waals surface area contributed by atoms with Crippen molar-refractivity contribution in [1.29, 1.82) is 0 Å². The predicted octanol–water partition coefficient (Wildman–Crippen LogP) is 3.39. The smallest absolute Gasteiger partial charge is 0.193 e. The lowest BCUT2D eigenvalue weighted by Crippen LogP contribution is -2.00. The van der Waals surface area contributed by atoms with Crippen LogP contribution in [0.15, 0.2) is 53.0 Å². The third-order valence-electron chi connectivity index (χ3n) is 2.24. The van der Waals surface area contributed by atoms with Crippen LogP contribution in [0, 0.1) is 0 Å². The molecule has 0 aromatic heterocycles. The molecule has 1 N–H and O–H groups in total. The largest absolute Gasteiger partial charge is 0.508 e. The number of rotatable bonds is 2. The van der Waals surface area contributed by atoms with E-state index < -0.39 is 0 Å². The predicted molar refractivity (Wildman–Crippen MR) is 65.7 cm³/mol. The lowest BCUT2D eigenvalue weighted by Gasteiger charge is -2.01. The van der Waals surface area contributed by atoms with Gasteiger partial charge in [0, 0.05) is 15.6 Å². The summed E-state index contributed by atoms with van der Waals surface area (Å²) >= 11 is 3.32. The van der Waals surface area contributed by atoms with Crippen LogP contribution in [0.25, 0.3) is 0 Å². The molecule has 2 aromatic rings. The summed E-state index contributed by atoms with van der Waals surface area (Å²) in [6.07, 6.45) is 0. The van der Waals surface area contributed by atoms with Gasteiger partial charge in [0.05, 0.1) is 0 Å². The first-order valence-corrected chi connectivity index (χ1v) is 5.55. The van der Waals surface area contributed by atoms with Gasteiger partial charge in [-0.1, -0.05) is 15.9 Å². The van der Waals surface area contributed by atoms with Gasteiger partial charge in [-0.3, -0.25) is 4.79 Å². The van der Waals surface area contributed by atoms with Gasteiger partial charge in [-0.25, -0.2) is 0 Å². The van der Waals surface area contributed by atoms with Crippen molar-refractivity contribution < 1.29 is 9.90 Å². The second kappa shape index (κ2) is 4.49. The number of halogens is 1. The van der Waals surface area contributed by atoms with E-state index >= 15 is 0 Å². The fraction of sp³-hybridized carbons (Fsp3) is 0. The number of phenols is 1. The van der Waals surface area contributed by atoms with E-state index in [9.17, 15) is 4.79 Å². The minimum atomic E-state index is -0.0486. The zero-order valence-electron chi connectivity index (χ0n) is 8.35. The van der Waals surface area contributed by atoms with Gasteiger partial charge in [-0.05, 0) is 48.5 Å². The number of aromatic hydroxyl groups is 1. The van der Waals surface area contributed by atoms with Crippen LogP contribution in [0.3, 0.4) is 0 Å². The Morgan fingerprint density at radius 1 is 0.875 bits per heavy atom. The molecule has 0 spiro atoms. The number of ketones is 1. The minimum absolute atomic E-state index is 0.0486. The molecule has 0 fully saturated rings. The summed E-state index contributed by atoms with van der Waals surface area (Å²) < 4.78 is 0.940. The summed E-state index contributed by atoms with van der Waals surface area (Å²) in [5, 5.41) is 9.13. The van der Waals surface area contributed by atoms with Crippen molar-refractivity contribution in [3.63, 3.8) is 0 Å². The maximum Gasteiger partial charge on any atom is 0.193 e. The zero-order chi connectivity index (χ0) is 11.5. The van der Waals surface area contributed by atoms with Crippen molar-refractivity contribution in [1.82, 2.24) is 0 Å². The average Bonchev–Trinajstić information content (AvgIpc) is 2.30. The van der Waals surface area contributed by atoms with E-state index in [2.05, 4.69) is 15.9 Å². The highest BCUT2D eigenvalue weighted by Gasteiger charge is 2.08. The Kier molecular flexibility index (Phi) is 3.06. The van der Waals surface area contributed by atoms with Crippen molar-refractivity contribution in [3.8, 4) is 5.75 Å². The van der Waals surface area contributed by atoms with Gasteiger partial charge in [0.1, 0.15) is 5.75 Å². The van der Waals surface area contributed by atoms with Crippen LogP contribution < -0.4 is 0 Å². The number of benzene rings is 2. The van der Waals surface area contributed by atoms with Crippen molar-refractivity contribution in [3.05, 3.63) is 64.1 Å². The molecule has 0 saturated heterocycles. The molecule has 0 heterocycles. The molecule has 2 aromatic carbocycles. The van der Waals surface area contributed by atoms with Crippen LogP contribution in [-0.2, 0) is 0 Å². The normalized spacial score (nSPS) is 10.1. The molecule has 0 aliphatic carbocycles. The third kappa shape index (κ3) is 2.31. The van der Waals surface area contributed by atoms with Crippen LogP contribution in [0.2, 0.25) is 0 Å². The Labute approximate surface area is 102 Å². The maximum atomic E-state index is 12.0. The number of hydrogen-bond acceptors (Lipinski definition) is 2. The van der Waals surface area contributed by atoms with Crippen LogP contribution in [0.4, 0.5) is 0 Å². The molecule has 16 heavy (non-hydrogen) atoms. The highest BCUT2D eigenvalue weighted by atomic mass is 79.9. The molecule has 0 atom stereocenters. The summed E-state index contributed by atoms with van der Waals surface area (Å²) in [4.78, 5) is 12.0. The van der Waals surface area contributed by atoms with Gasteiger partial charge in [-0.2, -0.15) is 0 Å². The highest BCUT2D eigenvalue weighted by molar-refractivity contribution is 9.10. The van der Waals surface area contributed by atoms with Crippen molar-refractivity contribution >= 4 is 21.7 Å². The van der Waals surface area contributed by atoms with E-state index in [1.807, 2.05) is 12.1 Å². The van der Waals surface area contributed by atoms with Gasteiger partial charge in [0.15, 0.2) is 5.78 Å². The van der Waals surface area contributed by atoms with E-state index in [1.165, 1.54) is 12.1 Å². The second-order valence-corrected chi connectivity index (χ2v) is 4.30. The summed E-state index contributed by atoms with van der Waals surface area (Å²) in [5.41, 5.74) is 1.20. The standard InChI is InChI=1S/C13H9BrO2/c14-11-5-1-9(2-6-11)13(16)10-3-7-12(15)8-4-10/h1-8,15H. The average molecular weight is 277 g/mol. The number of hydrogen-bond donors (Lipinski definition) is 1. The summed E-state index contributed by atoms with van der Waals surface area (Å²) in [6.45, 7) is 0.